The van der Waals surface area contributed by atoms with Crippen LogP contribution < -0.4 is 0 Å². The molecule has 16 heavy (non-hydrogen) atoms. The number of carbonyl (C=O) groups excluding carboxylic acids is 1. The Morgan fingerprint density at radius 1 is 1.12 bits per heavy atom. The Bertz CT molecular complexity index is 249. The molecule has 0 saturated heterocycles. The molecule has 0 unspecified atom stereocenters. The van der Waals surface area contributed by atoms with Crippen LogP contribution in [0.2, 0.25) is 0 Å². The van der Waals surface area contributed by atoms with Gasteiger partial charge in [0.1, 0.15) is 0 Å². The Hall–Kier alpha value is -1.31. The quantitative estimate of drug-likeness (QED) is 0.355. The van der Waals surface area contributed by atoms with Crippen molar-refractivity contribution in [1.29, 1.82) is 0 Å². The fourth-order valence-corrected chi connectivity index (χ4v) is 1.18. The number of hydrogen-bond donors (Lipinski definition) is 0. The molecule has 0 rings (SSSR count). The fourth-order valence-electron chi connectivity index (χ4n) is 1.18. The monoisotopic (exact) mass is 222 g/mol. The van der Waals surface area contributed by atoms with Crippen molar-refractivity contribution in [3.8, 4) is 0 Å². The molecule has 0 N–H and O–H groups in total. The molecule has 0 heterocycles. The van der Waals surface area contributed by atoms with Crippen molar-refractivity contribution in [3.05, 3.63) is 36.5 Å². The molecule has 0 aromatic carbocycles. The number of allylic oxidation sites excluding steroid dienone is 6. The van der Waals surface area contributed by atoms with Crippen LogP contribution in [-0.4, -0.2) is 12.6 Å². The summed E-state index contributed by atoms with van der Waals surface area (Å²) in [7, 11) is 0. The fraction of sp³-hybridized carbons (Fsp3) is 0.500. The Kier molecular flexibility index (Phi) is 10.8. The van der Waals surface area contributed by atoms with Crippen LogP contribution in [0.1, 0.15) is 39.5 Å². The molecule has 0 aliphatic heterocycles. The number of ether oxygens (including phenoxy) is 1. The first-order valence-corrected chi connectivity index (χ1v) is 5.91. The second-order valence-corrected chi connectivity index (χ2v) is 3.39. The average molecular weight is 222 g/mol. The molecule has 0 aromatic heterocycles. The summed E-state index contributed by atoms with van der Waals surface area (Å²) in [6.45, 7) is 4.30. The minimum absolute atomic E-state index is 0.0838. The van der Waals surface area contributed by atoms with Gasteiger partial charge in [0.15, 0.2) is 0 Å². The first-order valence-electron chi connectivity index (χ1n) is 5.91. The van der Waals surface area contributed by atoms with Gasteiger partial charge < -0.3 is 4.74 Å². The average Bonchev–Trinajstić information content (AvgIpc) is 2.27. The molecule has 0 radical (unpaired) electrons. The molecule has 0 amide bonds. The Morgan fingerprint density at radius 3 is 2.56 bits per heavy atom. The molecule has 0 bridgehead atoms. The predicted molar refractivity (Wildman–Crippen MR) is 68.2 cm³/mol. The van der Waals surface area contributed by atoms with Gasteiger partial charge in [-0.25, -0.2) is 0 Å². The van der Waals surface area contributed by atoms with Gasteiger partial charge in [-0.3, -0.25) is 4.79 Å². The number of hydrogen-bond acceptors (Lipinski definition) is 2. The van der Waals surface area contributed by atoms with E-state index in [1.165, 1.54) is 0 Å². The first kappa shape index (κ1) is 14.7. The molecule has 0 aliphatic rings. The van der Waals surface area contributed by atoms with Crippen LogP contribution in [0.4, 0.5) is 0 Å². The zero-order valence-electron chi connectivity index (χ0n) is 10.3. The zero-order valence-corrected chi connectivity index (χ0v) is 10.3. The summed E-state index contributed by atoms with van der Waals surface area (Å²) in [5.74, 6) is -0.0838. The maximum atomic E-state index is 11.0. The molecule has 2 heteroatoms. The van der Waals surface area contributed by atoms with E-state index in [9.17, 15) is 4.79 Å². The highest BCUT2D eigenvalue weighted by Crippen LogP contribution is 2.02. The topological polar surface area (TPSA) is 26.3 Å². The van der Waals surface area contributed by atoms with E-state index in [-0.39, 0.29) is 5.97 Å². The number of esters is 1. The highest BCUT2D eigenvalue weighted by Gasteiger charge is 1.99. The summed E-state index contributed by atoms with van der Waals surface area (Å²) in [4.78, 5) is 11.0. The first-order chi connectivity index (χ1) is 7.81. The lowest BCUT2D eigenvalue weighted by molar-refractivity contribution is -0.143. The van der Waals surface area contributed by atoms with Gasteiger partial charge in [0.05, 0.1) is 6.61 Å². The second kappa shape index (κ2) is 11.8. The summed E-state index contributed by atoms with van der Waals surface area (Å²) in [5, 5.41) is 0. The van der Waals surface area contributed by atoms with Crippen molar-refractivity contribution in [2.45, 2.75) is 39.5 Å². The third-order valence-electron chi connectivity index (χ3n) is 1.97. The van der Waals surface area contributed by atoms with Crippen molar-refractivity contribution in [3.63, 3.8) is 0 Å². The van der Waals surface area contributed by atoms with Crippen molar-refractivity contribution in [1.82, 2.24) is 0 Å². The van der Waals surface area contributed by atoms with Gasteiger partial charge in [0.2, 0.25) is 0 Å². The summed E-state index contributed by atoms with van der Waals surface area (Å²) < 4.78 is 4.84. The van der Waals surface area contributed by atoms with E-state index < -0.39 is 0 Å². The van der Waals surface area contributed by atoms with Crippen LogP contribution >= 0.6 is 0 Å². The molecule has 0 saturated carbocycles. The lowest BCUT2D eigenvalue weighted by Crippen LogP contribution is -2.02. The van der Waals surface area contributed by atoms with Gasteiger partial charge in [0.25, 0.3) is 0 Å². The molecule has 0 aromatic rings. The van der Waals surface area contributed by atoms with Gasteiger partial charge in [0, 0.05) is 6.42 Å². The zero-order chi connectivity index (χ0) is 12.1. The SMILES string of the molecule is C/C=C/C=C/C=C/CCCCC(=O)OCC. The summed E-state index contributed by atoms with van der Waals surface area (Å²) in [5.41, 5.74) is 0. The van der Waals surface area contributed by atoms with E-state index in [2.05, 4.69) is 6.08 Å². The van der Waals surface area contributed by atoms with Crippen molar-refractivity contribution in [2.24, 2.45) is 0 Å². The van der Waals surface area contributed by atoms with Crippen LogP contribution in [0.3, 0.4) is 0 Å². The van der Waals surface area contributed by atoms with Crippen LogP contribution in [0.15, 0.2) is 36.5 Å². The minimum atomic E-state index is -0.0838. The molecule has 0 aliphatic carbocycles. The van der Waals surface area contributed by atoms with Crippen LogP contribution in [0, 0.1) is 0 Å². The van der Waals surface area contributed by atoms with Gasteiger partial charge in [-0.05, 0) is 33.1 Å². The van der Waals surface area contributed by atoms with Crippen LogP contribution in [0.5, 0.6) is 0 Å². The van der Waals surface area contributed by atoms with E-state index >= 15 is 0 Å². The molecule has 0 spiro atoms. The summed E-state index contributed by atoms with van der Waals surface area (Å²) in [6.07, 6.45) is 15.6. The highest BCUT2D eigenvalue weighted by atomic mass is 16.5. The maximum Gasteiger partial charge on any atom is 0.305 e. The lowest BCUT2D eigenvalue weighted by atomic mass is 10.2. The molecule has 90 valence electrons. The van der Waals surface area contributed by atoms with Crippen LogP contribution in [0.25, 0.3) is 0 Å². The summed E-state index contributed by atoms with van der Waals surface area (Å²) in [6, 6.07) is 0. The molecular formula is C14H22O2. The third-order valence-corrected chi connectivity index (χ3v) is 1.97. The third kappa shape index (κ3) is 10.8. The standard InChI is InChI=1S/C14H22O2/c1-3-5-6-7-8-9-10-11-12-13-14(15)16-4-2/h3,5-9H,4,10-13H2,1-2H3/b5-3+,7-6+,9-8+. The molecule has 0 atom stereocenters. The van der Waals surface area contributed by atoms with E-state index in [0.717, 1.165) is 19.3 Å². The second-order valence-electron chi connectivity index (χ2n) is 3.39. The maximum absolute atomic E-state index is 11.0. The Morgan fingerprint density at radius 2 is 1.88 bits per heavy atom. The van der Waals surface area contributed by atoms with E-state index in [1.54, 1.807) is 0 Å². The molecular weight excluding hydrogens is 200 g/mol. The van der Waals surface area contributed by atoms with Crippen molar-refractivity contribution >= 4 is 5.97 Å². The number of rotatable bonds is 8. The largest absolute Gasteiger partial charge is 0.466 e. The van der Waals surface area contributed by atoms with E-state index in [4.69, 9.17) is 4.74 Å². The highest BCUT2D eigenvalue weighted by molar-refractivity contribution is 5.69. The van der Waals surface area contributed by atoms with Crippen molar-refractivity contribution < 1.29 is 9.53 Å². The van der Waals surface area contributed by atoms with Gasteiger partial charge in [-0.1, -0.05) is 36.5 Å². The van der Waals surface area contributed by atoms with Crippen molar-refractivity contribution in [2.75, 3.05) is 6.61 Å². The molecule has 2 nitrogen and oxygen atoms in total. The Balaban J connectivity index is 3.36. The minimum Gasteiger partial charge on any atom is -0.466 e. The smallest absolute Gasteiger partial charge is 0.305 e. The number of carbonyl (C=O) groups is 1. The lowest BCUT2D eigenvalue weighted by Gasteiger charge is -1.99. The van der Waals surface area contributed by atoms with Crippen LogP contribution in [-0.2, 0) is 9.53 Å². The normalized spacial score (nSPS) is 11.9. The summed E-state index contributed by atoms with van der Waals surface area (Å²) >= 11 is 0. The van der Waals surface area contributed by atoms with Gasteiger partial charge >= 0.3 is 5.97 Å². The van der Waals surface area contributed by atoms with Gasteiger partial charge in [-0.2, -0.15) is 0 Å². The van der Waals surface area contributed by atoms with E-state index in [0.29, 0.717) is 13.0 Å². The van der Waals surface area contributed by atoms with Gasteiger partial charge in [-0.15, -0.1) is 0 Å². The number of unbranched alkanes of at least 4 members (excludes halogenated alkanes) is 2. The molecule has 0 fully saturated rings. The Labute approximate surface area is 98.7 Å². The predicted octanol–water partition coefficient (Wildman–Crippen LogP) is 3.80. The van der Waals surface area contributed by atoms with E-state index in [1.807, 2.05) is 44.2 Å².